The molecule has 2 rings (SSSR count). The highest BCUT2D eigenvalue weighted by Gasteiger charge is 2.16. The molecule has 21 heavy (non-hydrogen) atoms. The Morgan fingerprint density at radius 2 is 2.14 bits per heavy atom. The number of hydrogen-bond acceptors (Lipinski definition) is 6. The fourth-order valence-electron chi connectivity index (χ4n) is 1.28. The zero-order valence-corrected chi connectivity index (χ0v) is 11.0. The second kappa shape index (κ2) is 5.64. The summed E-state index contributed by atoms with van der Waals surface area (Å²) >= 11 is 0. The van der Waals surface area contributed by atoms with Crippen LogP contribution in [0.5, 0.6) is 11.6 Å². The summed E-state index contributed by atoms with van der Waals surface area (Å²) in [6, 6.07) is 5.53. The maximum absolute atomic E-state index is 11.4. The number of H-pyrrole nitrogens is 1. The van der Waals surface area contributed by atoms with Crippen molar-refractivity contribution < 1.29 is 27.2 Å². The van der Waals surface area contributed by atoms with E-state index >= 15 is 0 Å². The van der Waals surface area contributed by atoms with Crippen LogP contribution in [-0.4, -0.2) is 41.1 Å². The number of carboxylic acid groups (broad SMARTS) is 1. The first-order chi connectivity index (χ1) is 11.1. The van der Waals surface area contributed by atoms with Crippen LogP contribution in [0, 0.1) is 11.2 Å². The molecule has 1 heterocycles. The number of carboxylic acids is 1. The third kappa shape index (κ3) is 4.05. The van der Waals surface area contributed by atoms with Gasteiger partial charge in [-0.1, -0.05) is 11.1 Å². The number of rotatable bonds is 3. The first-order valence-corrected chi connectivity index (χ1v) is 6.78. The number of hydrogen-bond donors (Lipinski definition) is 2. The Balaban J connectivity index is 2.18. The summed E-state index contributed by atoms with van der Waals surface area (Å²) in [4.78, 5) is 10.9. The number of aromatic nitrogens is 3. The summed E-state index contributed by atoms with van der Waals surface area (Å²) in [7, 11) is -4.54. The molecule has 2 N–H and O–H groups in total. The quantitative estimate of drug-likeness (QED) is 0.798. The molecule has 0 aliphatic carbocycles. The van der Waals surface area contributed by atoms with E-state index in [2.05, 4.69) is 21.3 Å². The van der Waals surface area contributed by atoms with Crippen LogP contribution >= 0.6 is 0 Å². The molecule has 0 saturated carbocycles. The number of nitrogens with zero attached hydrogens (tertiary/aromatic N) is 2. The molecule has 0 spiro atoms. The fraction of sp³-hybridized carbons (Fsp3) is 0.0833. The Labute approximate surface area is 123 Å². The predicted molar refractivity (Wildman–Crippen MR) is 71.6 cm³/mol. The lowest BCUT2D eigenvalue weighted by molar-refractivity contribution is 0.0687. The molecule has 0 aliphatic rings. The van der Waals surface area contributed by atoms with E-state index in [1.165, 1.54) is 24.3 Å². The number of sulfone groups is 1. The van der Waals surface area contributed by atoms with E-state index in [-0.39, 0.29) is 17.2 Å². The summed E-state index contributed by atoms with van der Waals surface area (Å²) in [5.41, 5.74) is -0.168. The van der Waals surface area contributed by atoms with Crippen LogP contribution in [0.25, 0.3) is 0 Å². The molecule has 1 aromatic carbocycles. The van der Waals surface area contributed by atoms with Gasteiger partial charge < -0.3 is 9.84 Å². The van der Waals surface area contributed by atoms with Gasteiger partial charge in [-0.2, -0.15) is 0 Å². The van der Waals surface area contributed by atoms with Gasteiger partial charge in [0.2, 0.25) is 15.5 Å². The van der Waals surface area contributed by atoms with Crippen molar-refractivity contribution in [3.05, 3.63) is 35.5 Å². The molecule has 0 unspecified atom stereocenters. The van der Waals surface area contributed by atoms with Gasteiger partial charge in [-0.3, -0.25) is 0 Å². The highest BCUT2D eigenvalue weighted by molar-refractivity contribution is 7.95. The fourth-order valence-corrected chi connectivity index (χ4v) is 1.53. The zero-order valence-electron chi connectivity index (χ0n) is 13.2. The average molecular weight is 310 g/mol. The number of aromatic carboxylic acids is 1. The molecule has 0 saturated heterocycles. The molecule has 0 aliphatic heterocycles. The van der Waals surface area contributed by atoms with Gasteiger partial charge in [-0.05, 0) is 24.3 Å². The van der Waals surface area contributed by atoms with Gasteiger partial charge in [-0.25, -0.2) is 18.3 Å². The monoisotopic (exact) mass is 310 g/mol. The number of carbonyl (C=O) groups is 1. The number of benzene rings is 1. The van der Waals surface area contributed by atoms with E-state index in [1.807, 2.05) is 0 Å². The van der Waals surface area contributed by atoms with Gasteiger partial charge in [0, 0.05) is 14.9 Å². The Hall–Kier alpha value is -2.86. The minimum Gasteiger partial charge on any atom is -0.476 e. The van der Waals surface area contributed by atoms with Crippen molar-refractivity contribution in [3.8, 4) is 22.8 Å². The maximum Gasteiger partial charge on any atom is 0.362 e. The van der Waals surface area contributed by atoms with E-state index in [4.69, 9.17) is 14.0 Å². The van der Waals surface area contributed by atoms with Crippen LogP contribution in [-0.2, 0) is 9.84 Å². The Morgan fingerprint density at radius 3 is 2.76 bits per heavy atom. The third-order valence-corrected chi connectivity index (χ3v) is 2.49. The van der Waals surface area contributed by atoms with Crippen LogP contribution in [0.3, 0.4) is 0 Å². The van der Waals surface area contributed by atoms with E-state index < -0.39 is 27.7 Å². The van der Waals surface area contributed by atoms with E-state index in [1.54, 1.807) is 5.25 Å². The first-order valence-electron chi connectivity index (χ1n) is 6.80. The SMILES string of the molecule is [2H]C([2H])([2H])S(=O)(=O)C#Cc1ccc(Oc2[nH]nnc2C(=O)O)cc1. The summed E-state index contributed by atoms with van der Waals surface area (Å²) in [6.07, 6.45) is -3.20. The minimum absolute atomic E-state index is 0.175. The van der Waals surface area contributed by atoms with E-state index in [9.17, 15) is 13.2 Å². The van der Waals surface area contributed by atoms with E-state index in [0.717, 1.165) is 0 Å². The van der Waals surface area contributed by atoms with Gasteiger partial charge in [0.05, 0.1) is 6.18 Å². The van der Waals surface area contributed by atoms with Crippen molar-refractivity contribution in [1.29, 1.82) is 0 Å². The maximum atomic E-state index is 11.4. The molecule has 1 aromatic heterocycles. The third-order valence-electron chi connectivity index (χ3n) is 2.12. The van der Waals surface area contributed by atoms with Crippen molar-refractivity contribution in [2.45, 2.75) is 0 Å². The lowest BCUT2D eigenvalue weighted by atomic mass is 10.2. The van der Waals surface area contributed by atoms with Crippen LogP contribution in [0.15, 0.2) is 24.3 Å². The second-order valence-corrected chi connectivity index (χ2v) is 4.86. The lowest BCUT2D eigenvalue weighted by Gasteiger charge is -2.02. The van der Waals surface area contributed by atoms with Crippen molar-refractivity contribution >= 4 is 15.8 Å². The Bertz CT molecular complexity index is 923. The molecule has 0 amide bonds. The van der Waals surface area contributed by atoms with Gasteiger partial charge >= 0.3 is 5.97 Å². The first kappa shape index (κ1) is 10.9. The molecule has 2 aromatic rings. The summed E-state index contributed by atoms with van der Waals surface area (Å²) in [6.45, 7) is 0. The van der Waals surface area contributed by atoms with Gasteiger partial charge in [0.25, 0.3) is 5.88 Å². The van der Waals surface area contributed by atoms with Gasteiger partial charge in [-0.15, -0.1) is 5.10 Å². The van der Waals surface area contributed by atoms with Crippen molar-refractivity contribution in [1.82, 2.24) is 15.4 Å². The van der Waals surface area contributed by atoms with Crippen LogP contribution in [0.2, 0.25) is 0 Å². The molecule has 9 heteroatoms. The smallest absolute Gasteiger partial charge is 0.362 e. The van der Waals surface area contributed by atoms with Crippen LogP contribution in [0.1, 0.15) is 20.2 Å². The number of aromatic amines is 1. The lowest BCUT2D eigenvalue weighted by Crippen LogP contribution is -1.99. The number of ether oxygens (including phenoxy) is 1. The topological polar surface area (TPSA) is 122 Å². The second-order valence-electron chi connectivity index (χ2n) is 3.65. The average Bonchev–Trinajstić information content (AvgIpc) is 2.94. The molecule has 0 radical (unpaired) electrons. The molecule has 108 valence electrons. The molecule has 8 nitrogen and oxygen atoms in total. The standard InChI is InChI=1S/C12H9N3O5S/c1-21(18,19)7-6-8-2-4-9(5-3-8)20-11-10(12(16)17)13-15-14-11/h2-5H,1H3,(H,16,17)(H,13,14,15)/i1D3. The highest BCUT2D eigenvalue weighted by Crippen LogP contribution is 2.21. The largest absolute Gasteiger partial charge is 0.476 e. The van der Waals surface area contributed by atoms with Gasteiger partial charge in [0.1, 0.15) is 5.75 Å². The molecular formula is C12H9N3O5S. The van der Waals surface area contributed by atoms with Crippen molar-refractivity contribution in [2.24, 2.45) is 0 Å². The summed E-state index contributed by atoms with van der Waals surface area (Å²) in [5, 5.41) is 19.5. The zero-order chi connectivity index (χ0) is 18.0. The molecule has 0 fully saturated rings. The highest BCUT2D eigenvalue weighted by atomic mass is 32.2. The Morgan fingerprint density at radius 1 is 1.43 bits per heavy atom. The predicted octanol–water partition coefficient (Wildman–Crippen LogP) is 0.649. The summed E-state index contributed by atoms with van der Waals surface area (Å²) < 4.78 is 48.6. The minimum atomic E-state index is -4.54. The molecule has 0 atom stereocenters. The normalized spacial score (nSPS) is 13.2. The van der Waals surface area contributed by atoms with Crippen LogP contribution in [0.4, 0.5) is 0 Å². The number of nitrogens with one attached hydrogen (secondary N) is 1. The Kier molecular flexibility index (Phi) is 2.92. The molecular weight excluding hydrogens is 298 g/mol. The van der Waals surface area contributed by atoms with Crippen molar-refractivity contribution in [3.63, 3.8) is 0 Å². The van der Waals surface area contributed by atoms with Gasteiger partial charge in [0.15, 0.2) is 0 Å². The summed E-state index contributed by atoms with van der Waals surface area (Å²) in [5.74, 6) is 0.945. The molecule has 0 bridgehead atoms. The van der Waals surface area contributed by atoms with Crippen molar-refractivity contribution in [2.75, 3.05) is 6.18 Å². The van der Waals surface area contributed by atoms with E-state index in [0.29, 0.717) is 0 Å². The van der Waals surface area contributed by atoms with Crippen LogP contribution < -0.4 is 4.74 Å².